The van der Waals surface area contributed by atoms with Gasteiger partial charge < -0.3 is 11.1 Å². The first-order valence-electron chi connectivity index (χ1n) is 5.02. The summed E-state index contributed by atoms with van der Waals surface area (Å²) in [6.45, 7) is 6.32. The van der Waals surface area contributed by atoms with Gasteiger partial charge in [-0.05, 0) is 26.2 Å². The van der Waals surface area contributed by atoms with E-state index < -0.39 is 5.41 Å². The minimum Gasteiger partial charge on any atom is -0.353 e. The van der Waals surface area contributed by atoms with Crippen LogP contribution in [0.1, 0.15) is 33.6 Å². The third kappa shape index (κ3) is 2.44. The largest absolute Gasteiger partial charge is 0.353 e. The highest BCUT2D eigenvalue weighted by atomic mass is 16.2. The summed E-state index contributed by atoms with van der Waals surface area (Å²) in [6, 6.07) is 0.420. The fourth-order valence-electron chi connectivity index (χ4n) is 1.33. The summed E-state index contributed by atoms with van der Waals surface area (Å²) in [5, 5.41) is 3.03. The van der Waals surface area contributed by atoms with Crippen molar-refractivity contribution in [1.29, 1.82) is 0 Å². The summed E-state index contributed by atoms with van der Waals surface area (Å²) >= 11 is 0. The van der Waals surface area contributed by atoms with Gasteiger partial charge in [0.1, 0.15) is 0 Å². The minimum absolute atomic E-state index is 0.0935. The minimum atomic E-state index is -0.416. The molecule has 0 radical (unpaired) electrons. The van der Waals surface area contributed by atoms with Crippen molar-refractivity contribution in [3.63, 3.8) is 0 Å². The Balaban J connectivity index is 2.34. The molecule has 1 fully saturated rings. The Hall–Kier alpha value is -0.570. The molecule has 0 saturated heterocycles. The third-order valence-corrected chi connectivity index (χ3v) is 2.89. The lowest BCUT2D eigenvalue weighted by molar-refractivity contribution is -0.129. The van der Waals surface area contributed by atoms with Crippen molar-refractivity contribution in [2.45, 2.75) is 39.7 Å². The SMILES string of the molecule is CCC1CC1NC(=O)C(C)(C)CN. The fourth-order valence-corrected chi connectivity index (χ4v) is 1.33. The molecule has 3 heteroatoms. The van der Waals surface area contributed by atoms with E-state index in [0.717, 1.165) is 12.8 Å². The number of hydrogen-bond acceptors (Lipinski definition) is 2. The molecule has 13 heavy (non-hydrogen) atoms. The summed E-state index contributed by atoms with van der Waals surface area (Å²) in [4.78, 5) is 11.6. The molecule has 0 aromatic heterocycles. The summed E-state index contributed by atoms with van der Waals surface area (Å²) in [7, 11) is 0. The molecule has 1 aliphatic rings. The second-order valence-electron chi connectivity index (χ2n) is 4.57. The van der Waals surface area contributed by atoms with E-state index in [0.29, 0.717) is 18.5 Å². The summed E-state index contributed by atoms with van der Waals surface area (Å²) < 4.78 is 0. The van der Waals surface area contributed by atoms with E-state index in [4.69, 9.17) is 5.73 Å². The maximum Gasteiger partial charge on any atom is 0.227 e. The molecule has 0 aliphatic heterocycles. The van der Waals surface area contributed by atoms with Gasteiger partial charge in [-0.2, -0.15) is 0 Å². The number of carbonyl (C=O) groups excluding carboxylic acids is 1. The first kappa shape index (κ1) is 10.5. The van der Waals surface area contributed by atoms with Crippen molar-refractivity contribution in [3.05, 3.63) is 0 Å². The predicted molar refractivity (Wildman–Crippen MR) is 53.2 cm³/mol. The zero-order chi connectivity index (χ0) is 10.1. The van der Waals surface area contributed by atoms with E-state index >= 15 is 0 Å². The van der Waals surface area contributed by atoms with Crippen LogP contribution in [-0.2, 0) is 4.79 Å². The quantitative estimate of drug-likeness (QED) is 0.681. The Labute approximate surface area is 80.1 Å². The van der Waals surface area contributed by atoms with E-state index in [1.807, 2.05) is 13.8 Å². The molecule has 3 N–H and O–H groups in total. The molecule has 0 aromatic rings. The maximum absolute atomic E-state index is 11.6. The maximum atomic E-state index is 11.6. The Morgan fingerprint density at radius 3 is 2.62 bits per heavy atom. The van der Waals surface area contributed by atoms with Gasteiger partial charge in [-0.15, -0.1) is 0 Å². The van der Waals surface area contributed by atoms with Gasteiger partial charge in [0.05, 0.1) is 5.41 Å². The van der Waals surface area contributed by atoms with Crippen LogP contribution in [0.5, 0.6) is 0 Å². The van der Waals surface area contributed by atoms with Crippen LogP contribution in [0.15, 0.2) is 0 Å². The summed E-state index contributed by atoms with van der Waals surface area (Å²) in [6.07, 6.45) is 2.30. The predicted octanol–water partition coefficient (Wildman–Crippen LogP) is 0.886. The highest BCUT2D eigenvalue weighted by Crippen LogP contribution is 2.33. The second-order valence-corrected chi connectivity index (χ2v) is 4.57. The molecule has 76 valence electrons. The molecule has 0 spiro atoms. The van der Waals surface area contributed by atoms with Crippen LogP contribution >= 0.6 is 0 Å². The molecular formula is C10H20N2O. The van der Waals surface area contributed by atoms with Crippen molar-refractivity contribution in [1.82, 2.24) is 5.32 Å². The van der Waals surface area contributed by atoms with Crippen LogP contribution < -0.4 is 11.1 Å². The molecule has 0 heterocycles. The smallest absolute Gasteiger partial charge is 0.227 e. The van der Waals surface area contributed by atoms with Crippen molar-refractivity contribution in [2.75, 3.05) is 6.54 Å². The zero-order valence-electron chi connectivity index (χ0n) is 8.76. The molecule has 2 unspecified atom stereocenters. The van der Waals surface area contributed by atoms with Crippen LogP contribution in [0.25, 0.3) is 0 Å². The van der Waals surface area contributed by atoms with Gasteiger partial charge in [-0.25, -0.2) is 0 Å². The second kappa shape index (κ2) is 3.66. The molecule has 1 saturated carbocycles. The van der Waals surface area contributed by atoms with Crippen molar-refractivity contribution >= 4 is 5.91 Å². The Bertz CT molecular complexity index is 201. The lowest BCUT2D eigenvalue weighted by atomic mass is 9.93. The first-order valence-corrected chi connectivity index (χ1v) is 5.02. The van der Waals surface area contributed by atoms with E-state index in [1.165, 1.54) is 0 Å². The van der Waals surface area contributed by atoms with Gasteiger partial charge >= 0.3 is 0 Å². The zero-order valence-corrected chi connectivity index (χ0v) is 8.76. The standard InChI is InChI=1S/C10H20N2O/c1-4-7-5-8(7)12-9(13)10(2,3)6-11/h7-8H,4-6,11H2,1-3H3,(H,12,13). The van der Waals surface area contributed by atoms with E-state index in [1.54, 1.807) is 0 Å². The summed E-state index contributed by atoms with van der Waals surface area (Å²) in [5.41, 5.74) is 5.09. The number of amides is 1. The monoisotopic (exact) mass is 184 g/mol. The molecule has 2 atom stereocenters. The number of hydrogen-bond donors (Lipinski definition) is 2. The first-order chi connectivity index (χ1) is 6.01. The topological polar surface area (TPSA) is 55.1 Å². The van der Waals surface area contributed by atoms with Crippen molar-refractivity contribution in [2.24, 2.45) is 17.1 Å². The van der Waals surface area contributed by atoms with Crippen LogP contribution in [0.4, 0.5) is 0 Å². The summed E-state index contributed by atoms with van der Waals surface area (Å²) in [5.74, 6) is 0.800. The molecule has 0 bridgehead atoms. The van der Waals surface area contributed by atoms with E-state index in [9.17, 15) is 4.79 Å². The number of nitrogens with one attached hydrogen (secondary N) is 1. The van der Waals surface area contributed by atoms with Crippen molar-refractivity contribution < 1.29 is 4.79 Å². The normalized spacial score (nSPS) is 27.1. The van der Waals surface area contributed by atoms with Gasteiger partial charge in [-0.3, -0.25) is 4.79 Å². The molecular weight excluding hydrogens is 164 g/mol. The molecule has 0 aromatic carbocycles. The molecule has 3 nitrogen and oxygen atoms in total. The van der Waals surface area contributed by atoms with Crippen molar-refractivity contribution in [3.8, 4) is 0 Å². The lowest BCUT2D eigenvalue weighted by Crippen LogP contribution is -2.43. The average Bonchev–Trinajstić information content (AvgIpc) is 2.83. The van der Waals surface area contributed by atoms with Crippen LogP contribution in [0, 0.1) is 11.3 Å². The van der Waals surface area contributed by atoms with Gasteiger partial charge in [0, 0.05) is 12.6 Å². The number of carbonyl (C=O) groups is 1. The van der Waals surface area contributed by atoms with Gasteiger partial charge in [0.15, 0.2) is 0 Å². The number of rotatable bonds is 4. The van der Waals surface area contributed by atoms with E-state index in [2.05, 4.69) is 12.2 Å². The molecule has 1 rings (SSSR count). The Morgan fingerprint density at radius 1 is 1.62 bits per heavy atom. The van der Waals surface area contributed by atoms with E-state index in [-0.39, 0.29) is 5.91 Å². The number of nitrogens with two attached hydrogens (primary N) is 1. The molecule has 1 amide bonds. The molecule has 1 aliphatic carbocycles. The third-order valence-electron chi connectivity index (χ3n) is 2.89. The van der Waals surface area contributed by atoms with Gasteiger partial charge in [-0.1, -0.05) is 13.3 Å². The fraction of sp³-hybridized carbons (Fsp3) is 0.900. The van der Waals surface area contributed by atoms with Gasteiger partial charge in [0.25, 0.3) is 0 Å². The lowest BCUT2D eigenvalue weighted by Gasteiger charge is -2.21. The van der Waals surface area contributed by atoms with Crippen LogP contribution in [0.3, 0.4) is 0 Å². The Morgan fingerprint density at radius 2 is 2.23 bits per heavy atom. The van der Waals surface area contributed by atoms with Crippen LogP contribution in [0.2, 0.25) is 0 Å². The van der Waals surface area contributed by atoms with Gasteiger partial charge in [0.2, 0.25) is 5.91 Å². The highest BCUT2D eigenvalue weighted by molar-refractivity contribution is 5.82. The van der Waals surface area contributed by atoms with Crippen LogP contribution in [-0.4, -0.2) is 18.5 Å². The Kier molecular flexibility index (Phi) is 2.96. The average molecular weight is 184 g/mol. The highest BCUT2D eigenvalue weighted by Gasteiger charge is 2.39.